The second-order valence-electron chi connectivity index (χ2n) is 3.85. The van der Waals surface area contributed by atoms with Crippen molar-refractivity contribution >= 4 is 11.6 Å². The van der Waals surface area contributed by atoms with Crippen LogP contribution in [-0.2, 0) is 0 Å². The molecule has 6 heteroatoms. The van der Waals surface area contributed by atoms with Gasteiger partial charge in [-0.2, -0.15) is 8.78 Å². The zero-order valence-electron chi connectivity index (χ0n) is 10.2. The second-order valence-corrected chi connectivity index (χ2v) is 3.85. The number of aromatic hydroxyl groups is 1. The largest absolute Gasteiger partial charge is 0.506 e. The molecule has 0 spiro atoms. The molecule has 0 aromatic heterocycles. The van der Waals surface area contributed by atoms with E-state index in [9.17, 15) is 18.7 Å². The number of carbonyl (C=O) groups excluding carboxylic acids is 1. The number of amides is 1. The van der Waals surface area contributed by atoms with Crippen LogP contribution in [0.1, 0.15) is 10.4 Å². The molecule has 2 aromatic carbocycles. The van der Waals surface area contributed by atoms with Gasteiger partial charge < -0.3 is 15.2 Å². The van der Waals surface area contributed by atoms with Crippen molar-refractivity contribution < 1.29 is 23.4 Å². The van der Waals surface area contributed by atoms with E-state index < -0.39 is 12.5 Å². The Balaban J connectivity index is 2.23. The van der Waals surface area contributed by atoms with Gasteiger partial charge in [0, 0.05) is 0 Å². The third-order valence-electron chi connectivity index (χ3n) is 2.50. The van der Waals surface area contributed by atoms with Gasteiger partial charge in [0.15, 0.2) is 0 Å². The molecule has 0 unspecified atom stereocenters. The van der Waals surface area contributed by atoms with Gasteiger partial charge in [-0.15, -0.1) is 0 Å². The first-order valence-electron chi connectivity index (χ1n) is 5.71. The van der Waals surface area contributed by atoms with Crippen molar-refractivity contribution in [1.29, 1.82) is 0 Å². The van der Waals surface area contributed by atoms with Crippen molar-refractivity contribution in [3.63, 3.8) is 0 Å². The molecule has 2 N–H and O–H groups in total. The Hall–Kier alpha value is -2.63. The van der Waals surface area contributed by atoms with Gasteiger partial charge in [0.1, 0.15) is 11.5 Å². The minimum atomic E-state index is -3.02. The summed E-state index contributed by atoms with van der Waals surface area (Å²) in [6, 6.07) is 11.7. The van der Waals surface area contributed by atoms with Crippen LogP contribution in [0.15, 0.2) is 48.5 Å². The number of phenols is 1. The predicted octanol–water partition coefficient (Wildman–Crippen LogP) is 3.25. The summed E-state index contributed by atoms with van der Waals surface area (Å²) in [4.78, 5) is 12.0. The highest BCUT2D eigenvalue weighted by Gasteiger charge is 2.16. The van der Waals surface area contributed by atoms with E-state index in [1.807, 2.05) is 0 Å². The Bertz CT molecular complexity index is 617. The summed E-state index contributed by atoms with van der Waals surface area (Å²) < 4.78 is 28.8. The average Bonchev–Trinajstić information content (AvgIpc) is 2.41. The summed E-state index contributed by atoms with van der Waals surface area (Å²) in [5.41, 5.74) is 0.139. The summed E-state index contributed by atoms with van der Waals surface area (Å²) in [5.74, 6) is -0.994. The molecule has 0 aliphatic carbocycles. The molecular weight excluding hydrogens is 268 g/mol. The van der Waals surface area contributed by atoms with Crippen molar-refractivity contribution in [2.75, 3.05) is 5.32 Å². The molecule has 0 heterocycles. The zero-order chi connectivity index (χ0) is 14.5. The summed E-state index contributed by atoms with van der Waals surface area (Å²) in [6.45, 7) is -3.02. The van der Waals surface area contributed by atoms with Crippen LogP contribution >= 0.6 is 0 Å². The third kappa shape index (κ3) is 3.23. The standard InChI is InChI=1S/C14H11F2NO3/c15-14(16)20-12-8-4-1-5-9(12)13(19)17-10-6-2-3-7-11(10)18/h1-8,14,18H,(H,17,19). The highest BCUT2D eigenvalue weighted by Crippen LogP contribution is 2.25. The molecule has 0 radical (unpaired) electrons. The maximum atomic E-state index is 12.3. The third-order valence-corrected chi connectivity index (χ3v) is 2.50. The number of halogens is 2. The molecule has 0 saturated carbocycles. The Morgan fingerprint density at radius 2 is 1.75 bits per heavy atom. The molecule has 0 aliphatic rings. The predicted molar refractivity (Wildman–Crippen MR) is 69.1 cm³/mol. The lowest BCUT2D eigenvalue weighted by atomic mass is 10.2. The van der Waals surface area contributed by atoms with E-state index in [1.165, 1.54) is 36.4 Å². The van der Waals surface area contributed by atoms with Gasteiger partial charge >= 0.3 is 6.61 Å². The molecular formula is C14H11F2NO3. The van der Waals surface area contributed by atoms with Crippen molar-refractivity contribution in [2.45, 2.75) is 6.61 Å². The smallest absolute Gasteiger partial charge is 0.387 e. The van der Waals surface area contributed by atoms with E-state index in [2.05, 4.69) is 10.1 Å². The lowest BCUT2D eigenvalue weighted by molar-refractivity contribution is -0.0501. The number of carbonyl (C=O) groups is 1. The van der Waals surface area contributed by atoms with Gasteiger partial charge in [-0.1, -0.05) is 24.3 Å². The number of hydrogen-bond acceptors (Lipinski definition) is 3. The monoisotopic (exact) mass is 279 g/mol. The summed E-state index contributed by atoms with van der Waals surface area (Å²) in [7, 11) is 0. The zero-order valence-corrected chi connectivity index (χ0v) is 10.2. The normalized spacial score (nSPS) is 10.3. The highest BCUT2D eigenvalue weighted by atomic mass is 19.3. The molecule has 0 atom stereocenters. The molecule has 1 amide bonds. The number of hydrogen-bond donors (Lipinski definition) is 2. The number of nitrogens with one attached hydrogen (secondary N) is 1. The number of ether oxygens (including phenoxy) is 1. The number of para-hydroxylation sites is 3. The number of anilines is 1. The van der Waals surface area contributed by atoms with Crippen molar-refractivity contribution in [3.05, 3.63) is 54.1 Å². The van der Waals surface area contributed by atoms with Gasteiger partial charge in [0.25, 0.3) is 5.91 Å². The van der Waals surface area contributed by atoms with E-state index in [1.54, 1.807) is 12.1 Å². The van der Waals surface area contributed by atoms with E-state index >= 15 is 0 Å². The van der Waals surface area contributed by atoms with Crippen LogP contribution < -0.4 is 10.1 Å². The number of phenolic OH excluding ortho intramolecular Hbond substituents is 1. The molecule has 104 valence electrons. The molecule has 4 nitrogen and oxygen atoms in total. The minimum Gasteiger partial charge on any atom is -0.506 e. The lowest BCUT2D eigenvalue weighted by Crippen LogP contribution is -2.15. The van der Waals surface area contributed by atoms with E-state index in [4.69, 9.17) is 0 Å². The first kappa shape index (κ1) is 13.8. The van der Waals surface area contributed by atoms with Gasteiger partial charge in [-0.05, 0) is 24.3 Å². The van der Waals surface area contributed by atoms with Crippen molar-refractivity contribution in [3.8, 4) is 11.5 Å². The molecule has 2 aromatic rings. The first-order chi connectivity index (χ1) is 9.58. The Morgan fingerprint density at radius 1 is 1.10 bits per heavy atom. The van der Waals surface area contributed by atoms with Crippen molar-refractivity contribution in [2.24, 2.45) is 0 Å². The fraction of sp³-hybridized carbons (Fsp3) is 0.0714. The maximum Gasteiger partial charge on any atom is 0.387 e. The quantitative estimate of drug-likeness (QED) is 0.845. The van der Waals surface area contributed by atoms with Gasteiger partial charge in [-0.3, -0.25) is 4.79 Å². The lowest BCUT2D eigenvalue weighted by Gasteiger charge is -2.11. The first-order valence-corrected chi connectivity index (χ1v) is 5.71. The van der Waals surface area contributed by atoms with Crippen LogP contribution in [0.5, 0.6) is 11.5 Å². The van der Waals surface area contributed by atoms with E-state index in [-0.39, 0.29) is 22.7 Å². The van der Waals surface area contributed by atoms with Crippen molar-refractivity contribution in [1.82, 2.24) is 0 Å². The minimum absolute atomic E-state index is 0.0453. The summed E-state index contributed by atoms with van der Waals surface area (Å²) >= 11 is 0. The molecule has 20 heavy (non-hydrogen) atoms. The topological polar surface area (TPSA) is 58.6 Å². The second kappa shape index (κ2) is 6.01. The summed E-state index contributed by atoms with van der Waals surface area (Å²) in [6.07, 6.45) is 0. The van der Waals surface area contributed by atoms with Crippen LogP contribution in [0.25, 0.3) is 0 Å². The highest BCUT2D eigenvalue weighted by molar-refractivity contribution is 6.06. The van der Waals surface area contributed by atoms with Crippen LogP contribution in [0, 0.1) is 0 Å². The fourth-order valence-electron chi connectivity index (χ4n) is 1.62. The van der Waals surface area contributed by atoms with Crippen LogP contribution in [0.4, 0.5) is 14.5 Å². The average molecular weight is 279 g/mol. The SMILES string of the molecule is O=C(Nc1ccccc1O)c1ccccc1OC(F)F. The Kier molecular flexibility index (Phi) is 4.14. The molecule has 0 saturated heterocycles. The van der Waals surface area contributed by atoms with Gasteiger partial charge in [0.05, 0.1) is 11.3 Å². The molecule has 0 fully saturated rings. The Labute approximate surface area is 113 Å². The number of rotatable bonds is 4. The maximum absolute atomic E-state index is 12.3. The van der Waals surface area contributed by atoms with Gasteiger partial charge in [-0.25, -0.2) is 0 Å². The summed E-state index contributed by atoms with van der Waals surface area (Å²) in [5, 5.41) is 12.0. The van der Waals surface area contributed by atoms with Crippen LogP contribution in [0.2, 0.25) is 0 Å². The van der Waals surface area contributed by atoms with Crippen LogP contribution in [0.3, 0.4) is 0 Å². The molecule has 0 bridgehead atoms. The number of benzene rings is 2. The van der Waals surface area contributed by atoms with E-state index in [0.29, 0.717) is 0 Å². The molecule has 2 rings (SSSR count). The fourth-order valence-corrected chi connectivity index (χ4v) is 1.62. The van der Waals surface area contributed by atoms with E-state index in [0.717, 1.165) is 0 Å². The van der Waals surface area contributed by atoms with Crippen LogP contribution in [-0.4, -0.2) is 17.6 Å². The van der Waals surface area contributed by atoms with Gasteiger partial charge in [0.2, 0.25) is 0 Å². The Morgan fingerprint density at radius 3 is 2.45 bits per heavy atom. The molecule has 0 aliphatic heterocycles. The number of alkyl halides is 2.